The maximum absolute atomic E-state index is 12.6. The van der Waals surface area contributed by atoms with Crippen LogP contribution in [0.2, 0.25) is 0 Å². The first kappa shape index (κ1) is 15.8. The van der Waals surface area contributed by atoms with Crippen LogP contribution in [0.15, 0.2) is 35.5 Å². The van der Waals surface area contributed by atoms with Crippen LogP contribution in [0.25, 0.3) is 0 Å². The Morgan fingerprint density at radius 2 is 2.00 bits per heavy atom. The van der Waals surface area contributed by atoms with Gasteiger partial charge in [-0.15, -0.1) is 0 Å². The molecule has 3 rings (SSSR count). The van der Waals surface area contributed by atoms with Crippen molar-refractivity contribution in [2.75, 3.05) is 6.54 Å². The van der Waals surface area contributed by atoms with Gasteiger partial charge in [0.25, 0.3) is 0 Å². The van der Waals surface area contributed by atoms with E-state index in [1.54, 1.807) is 0 Å². The van der Waals surface area contributed by atoms with E-state index in [1.165, 1.54) is 34.9 Å². The third-order valence-corrected chi connectivity index (χ3v) is 5.30. The monoisotopic (exact) mass is 340 g/mol. The smallest absolute Gasteiger partial charge is 0.387 e. The molecular weight excluding hydrogens is 328 g/mol. The Morgan fingerprint density at radius 3 is 2.70 bits per heavy atom. The Labute approximate surface area is 131 Å². The average molecular weight is 340 g/mol. The number of ether oxygens (including phenoxy) is 1. The number of sulfonamides is 1. The molecule has 2 heterocycles. The van der Waals surface area contributed by atoms with Crippen molar-refractivity contribution in [1.82, 2.24) is 14.3 Å². The molecule has 1 aliphatic rings. The Balaban J connectivity index is 1.82. The summed E-state index contributed by atoms with van der Waals surface area (Å²) in [6, 6.07) is 4.89. The lowest BCUT2D eigenvalue weighted by atomic mass is 10.1. The van der Waals surface area contributed by atoms with Gasteiger partial charge in [-0.05, 0) is 30.7 Å². The third-order valence-electron chi connectivity index (χ3n) is 3.44. The second-order valence-electron chi connectivity index (χ2n) is 4.85. The fraction of sp³-hybridized carbons (Fsp3) is 0.286. The number of hydrogen-bond donors (Lipinski definition) is 0. The SMILES string of the molecule is O=S(=O)(c1ccc(OC(F)F)cc1)N1CCc2[c]ncnc2C1. The number of benzene rings is 1. The first-order chi connectivity index (χ1) is 11.0. The second-order valence-corrected chi connectivity index (χ2v) is 6.79. The van der Waals surface area contributed by atoms with Crippen LogP contribution in [-0.2, 0) is 23.0 Å². The highest BCUT2D eigenvalue weighted by Gasteiger charge is 2.29. The molecule has 1 radical (unpaired) electrons. The van der Waals surface area contributed by atoms with Gasteiger partial charge in [-0.2, -0.15) is 13.1 Å². The minimum Gasteiger partial charge on any atom is -0.435 e. The largest absolute Gasteiger partial charge is 0.435 e. The molecule has 0 atom stereocenters. The average Bonchev–Trinajstić information content (AvgIpc) is 2.54. The highest BCUT2D eigenvalue weighted by Crippen LogP contribution is 2.25. The van der Waals surface area contributed by atoms with Crippen LogP contribution in [0, 0.1) is 6.20 Å². The van der Waals surface area contributed by atoms with E-state index in [0.29, 0.717) is 12.1 Å². The van der Waals surface area contributed by atoms with Crippen LogP contribution in [0.4, 0.5) is 8.78 Å². The minimum atomic E-state index is -3.73. The lowest BCUT2D eigenvalue weighted by Crippen LogP contribution is -2.36. The Kier molecular flexibility index (Phi) is 4.22. The quantitative estimate of drug-likeness (QED) is 0.846. The van der Waals surface area contributed by atoms with E-state index in [2.05, 4.69) is 20.9 Å². The van der Waals surface area contributed by atoms with Gasteiger partial charge in [-0.25, -0.2) is 18.4 Å². The molecule has 2 aromatic rings. The normalized spacial score (nSPS) is 15.4. The molecule has 0 saturated heterocycles. The molecule has 121 valence electrons. The molecule has 0 unspecified atom stereocenters. The van der Waals surface area contributed by atoms with Gasteiger partial charge in [0.2, 0.25) is 10.0 Å². The summed E-state index contributed by atoms with van der Waals surface area (Å²) >= 11 is 0. The van der Waals surface area contributed by atoms with Crippen molar-refractivity contribution in [2.45, 2.75) is 24.5 Å². The van der Waals surface area contributed by atoms with E-state index in [1.807, 2.05) is 0 Å². The van der Waals surface area contributed by atoms with E-state index in [0.717, 1.165) is 5.56 Å². The summed E-state index contributed by atoms with van der Waals surface area (Å²) in [5, 5.41) is 0. The molecule has 0 fully saturated rings. The lowest BCUT2D eigenvalue weighted by molar-refractivity contribution is -0.0498. The highest BCUT2D eigenvalue weighted by molar-refractivity contribution is 7.89. The predicted molar refractivity (Wildman–Crippen MR) is 75.2 cm³/mol. The van der Waals surface area contributed by atoms with E-state index >= 15 is 0 Å². The fourth-order valence-electron chi connectivity index (χ4n) is 2.31. The van der Waals surface area contributed by atoms with E-state index < -0.39 is 16.6 Å². The van der Waals surface area contributed by atoms with Crippen LogP contribution in [0.5, 0.6) is 5.75 Å². The zero-order valence-electron chi connectivity index (χ0n) is 11.8. The molecule has 1 aromatic carbocycles. The molecular formula is C14H12F2N3O3S. The first-order valence-electron chi connectivity index (χ1n) is 6.72. The van der Waals surface area contributed by atoms with Crippen molar-refractivity contribution in [2.24, 2.45) is 0 Å². The number of fused-ring (bicyclic) bond motifs is 1. The fourth-order valence-corrected chi connectivity index (χ4v) is 3.72. The summed E-state index contributed by atoms with van der Waals surface area (Å²) in [4.78, 5) is 7.88. The van der Waals surface area contributed by atoms with Crippen LogP contribution < -0.4 is 4.74 Å². The number of halogens is 2. The summed E-state index contributed by atoms with van der Waals surface area (Å²) in [6.45, 7) is -2.53. The van der Waals surface area contributed by atoms with E-state index in [-0.39, 0.29) is 23.7 Å². The van der Waals surface area contributed by atoms with Crippen LogP contribution in [0.1, 0.15) is 11.3 Å². The number of aromatic nitrogens is 2. The molecule has 0 amide bonds. The van der Waals surface area contributed by atoms with E-state index in [9.17, 15) is 17.2 Å². The molecule has 1 aromatic heterocycles. The molecule has 0 aliphatic carbocycles. The molecule has 0 spiro atoms. The molecule has 1 aliphatic heterocycles. The van der Waals surface area contributed by atoms with Crippen LogP contribution >= 0.6 is 0 Å². The van der Waals surface area contributed by atoms with Crippen molar-refractivity contribution >= 4 is 10.0 Å². The molecule has 9 heteroatoms. The van der Waals surface area contributed by atoms with Gasteiger partial charge in [-0.1, -0.05) is 0 Å². The van der Waals surface area contributed by atoms with Gasteiger partial charge in [0.1, 0.15) is 12.1 Å². The zero-order chi connectivity index (χ0) is 16.4. The summed E-state index contributed by atoms with van der Waals surface area (Å²) in [5.41, 5.74) is 1.42. The minimum absolute atomic E-state index is 0.0144. The van der Waals surface area contributed by atoms with Crippen LogP contribution in [0.3, 0.4) is 0 Å². The first-order valence-corrected chi connectivity index (χ1v) is 8.16. The second kappa shape index (κ2) is 6.17. The summed E-state index contributed by atoms with van der Waals surface area (Å²) in [6.07, 6.45) is 4.60. The summed E-state index contributed by atoms with van der Waals surface area (Å²) < 4.78 is 55.0. The number of rotatable bonds is 4. The van der Waals surface area contributed by atoms with Gasteiger partial charge >= 0.3 is 6.61 Å². The molecule has 23 heavy (non-hydrogen) atoms. The molecule has 0 bridgehead atoms. The summed E-state index contributed by atoms with van der Waals surface area (Å²) in [7, 11) is -3.73. The van der Waals surface area contributed by atoms with Gasteiger partial charge in [0, 0.05) is 12.1 Å². The maximum atomic E-state index is 12.6. The van der Waals surface area contributed by atoms with Crippen molar-refractivity contribution < 1.29 is 21.9 Å². The number of hydrogen-bond acceptors (Lipinski definition) is 5. The maximum Gasteiger partial charge on any atom is 0.387 e. The zero-order valence-corrected chi connectivity index (χ0v) is 12.6. The molecule has 0 N–H and O–H groups in total. The van der Waals surface area contributed by atoms with Crippen molar-refractivity contribution in [3.8, 4) is 5.75 Å². The Morgan fingerprint density at radius 1 is 1.26 bits per heavy atom. The number of nitrogens with zero attached hydrogens (tertiary/aromatic N) is 3. The van der Waals surface area contributed by atoms with Gasteiger partial charge in [-0.3, -0.25) is 0 Å². The predicted octanol–water partition coefficient (Wildman–Crippen LogP) is 1.63. The van der Waals surface area contributed by atoms with Crippen molar-refractivity contribution in [3.63, 3.8) is 0 Å². The highest BCUT2D eigenvalue weighted by atomic mass is 32.2. The van der Waals surface area contributed by atoms with Crippen LogP contribution in [-0.4, -0.2) is 35.8 Å². The molecule has 0 saturated carbocycles. The van der Waals surface area contributed by atoms with Gasteiger partial charge < -0.3 is 4.74 Å². The molecule has 6 nitrogen and oxygen atoms in total. The number of alkyl halides is 2. The standard InChI is InChI=1S/C14H12F2N3O3S/c15-14(16)22-11-1-3-12(4-2-11)23(20,21)19-6-5-10-7-17-9-18-13(10)8-19/h1-4,9,14H,5-6,8H2. The lowest BCUT2D eigenvalue weighted by Gasteiger charge is -2.26. The Hall–Kier alpha value is -2.13. The van der Waals surface area contributed by atoms with Crippen molar-refractivity contribution in [1.29, 1.82) is 0 Å². The Bertz CT molecular complexity index is 797. The third kappa shape index (κ3) is 3.30. The van der Waals surface area contributed by atoms with Gasteiger partial charge in [0.05, 0.1) is 23.3 Å². The summed E-state index contributed by atoms with van der Waals surface area (Å²) in [5.74, 6) is -0.0923. The van der Waals surface area contributed by atoms with E-state index in [4.69, 9.17) is 0 Å². The topological polar surface area (TPSA) is 72.4 Å². The van der Waals surface area contributed by atoms with Crippen molar-refractivity contribution in [3.05, 3.63) is 48.0 Å². The van der Waals surface area contributed by atoms with Gasteiger partial charge in [0.15, 0.2) is 0 Å².